The highest BCUT2D eigenvalue weighted by Gasteiger charge is 2.36. The standard InChI is InChI=1S/C19H13ClN2O6/c20-12-3-5-13(6-4-12)22-18(26)15(17(25)21-19(22)27)9-11-1-7-14(8-2-11)28-10-16(23)24/h1-9H,10H2,(H,23,24)(H,21,25,27). The molecule has 0 saturated carbocycles. The third-order valence-electron chi connectivity index (χ3n) is 3.74. The number of carboxylic acids is 1. The molecule has 0 unspecified atom stereocenters. The second kappa shape index (κ2) is 7.93. The van der Waals surface area contributed by atoms with Crippen molar-refractivity contribution in [3.8, 4) is 5.75 Å². The molecule has 1 aliphatic rings. The molecule has 3 rings (SSSR count). The molecule has 142 valence electrons. The Hall–Kier alpha value is -3.65. The SMILES string of the molecule is O=C(O)COc1ccc(C=C2C(=O)NC(=O)N(c3ccc(Cl)cc3)C2=O)cc1. The third kappa shape index (κ3) is 4.18. The van der Waals surface area contributed by atoms with Gasteiger partial charge >= 0.3 is 12.0 Å². The molecule has 0 spiro atoms. The fourth-order valence-electron chi connectivity index (χ4n) is 2.45. The summed E-state index contributed by atoms with van der Waals surface area (Å²) in [6, 6.07) is 11.3. The van der Waals surface area contributed by atoms with Crippen molar-refractivity contribution in [2.45, 2.75) is 0 Å². The number of urea groups is 1. The number of nitrogens with zero attached hydrogens (tertiary/aromatic N) is 1. The molecule has 2 aromatic carbocycles. The summed E-state index contributed by atoms with van der Waals surface area (Å²) in [7, 11) is 0. The first-order chi connectivity index (χ1) is 13.3. The number of nitrogens with one attached hydrogen (secondary N) is 1. The van der Waals surface area contributed by atoms with Gasteiger partial charge in [-0.3, -0.25) is 14.9 Å². The monoisotopic (exact) mass is 400 g/mol. The van der Waals surface area contributed by atoms with Crippen LogP contribution in [0.15, 0.2) is 54.1 Å². The van der Waals surface area contributed by atoms with Crippen molar-refractivity contribution in [3.05, 3.63) is 64.7 Å². The highest BCUT2D eigenvalue weighted by Crippen LogP contribution is 2.24. The average Bonchev–Trinajstić information content (AvgIpc) is 2.66. The molecule has 9 heteroatoms. The number of barbiturate groups is 1. The molecule has 0 aromatic heterocycles. The van der Waals surface area contributed by atoms with E-state index >= 15 is 0 Å². The molecular weight excluding hydrogens is 388 g/mol. The van der Waals surface area contributed by atoms with Crippen LogP contribution in [0.5, 0.6) is 5.75 Å². The Kier molecular flexibility index (Phi) is 5.42. The van der Waals surface area contributed by atoms with E-state index in [1.165, 1.54) is 42.5 Å². The number of hydrogen-bond acceptors (Lipinski definition) is 5. The van der Waals surface area contributed by atoms with Crippen LogP contribution in [0.4, 0.5) is 10.5 Å². The zero-order chi connectivity index (χ0) is 20.3. The number of ether oxygens (including phenoxy) is 1. The second-order valence-corrected chi connectivity index (χ2v) is 6.12. The number of anilines is 1. The molecule has 1 saturated heterocycles. The molecule has 0 atom stereocenters. The van der Waals surface area contributed by atoms with Crippen LogP contribution in [0.2, 0.25) is 5.02 Å². The lowest BCUT2D eigenvalue weighted by Crippen LogP contribution is -2.54. The summed E-state index contributed by atoms with van der Waals surface area (Å²) < 4.78 is 5.02. The molecule has 1 heterocycles. The van der Waals surface area contributed by atoms with E-state index in [1.807, 2.05) is 0 Å². The molecular formula is C19H13ClN2O6. The first-order valence-corrected chi connectivity index (χ1v) is 8.34. The Morgan fingerprint density at radius 1 is 1.07 bits per heavy atom. The van der Waals surface area contributed by atoms with E-state index < -0.39 is 30.4 Å². The number of aliphatic carboxylic acids is 1. The van der Waals surface area contributed by atoms with Crippen LogP contribution in [0.3, 0.4) is 0 Å². The van der Waals surface area contributed by atoms with Gasteiger partial charge in [-0.25, -0.2) is 14.5 Å². The number of benzene rings is 2. The van der Waals surface area contributed by atoms with Gasteiger partial charge in [-0.15, -0.1) is 0 Å². The van der Waals surface area contributed by atoms with Gasteiger partial charge in [0.1, 0.15) is 11.3 Å². The van der Waals surface area contributed by atoms with Gasteiger partial charge in [-0.1, -0.05) is 23.7 Å². The number of carbonyl (C=O) groups is 4. The molecule has 28 heavy (non-hydrogen) atoms. The van der Waals surface area contributed by atoms with E-state index in [0.717, 1.165) is 4.90 Å². The van der Waals surface area contributed by atoms with Gasteiger partial charge in [-0.05, 0) is 48.0 Å². The molecule has 0 radical (unpaired) electrons. The largest absolute Gasteiger partial charge is 0.482 e. The summed E-state index contributed by atoms with van der Waals surface area (Å²) in [5.41, 5.74) is 0.531. The summed E-state index contributed by atoms with van der Waals surface area (Å²) in [6.45, 7) is -0.487. The predicted molar refractivity (Wildman–Crippen MR) is 100 cm³/mol. The number of hydrogen-bond donors (Lipinski definition) is 2. The summed E-state index contributed by atoms with van der Waals surface area (Å²) >= 11 is 5.82. The Morgan fingerprint density at radius 2 is 1.71 bits per heavy atom. The van der Waals surface area contributed by atoms with E-state index in [0.29, 0.717) is 16.3 Å². The van der Waals surface area contributed by atoms with Crippen LogP contribution in [0.1, 0.15) is 5.56 Å². The van der Waals surface area contributed by atoms with E-state index in [1.54, 1.807) is 12.1 Å². The topological polar surface area (TPSA) is 113 Å². The molecule has 1 fully saturated rings. The van der Waals surface area contributed by atoms with Crippen molar-refractivity contribution in [2.75, 3.05) is 11.5 Å². The van der Waals surface area contributed by atoms with Gasteiger partial charge < -0.3 is 9.84 Å². The normalized spacial score (nSPS) is 15.5. The van der Waals surface area contributed by atoms with Crippen molar-refractivity contribution in [1.29, 1.82) is 0 Å². The van der Waals surface area contributed by atoms with Crippen molar-refractivity contribution < 1.29 is 29.0 Å². The fraction of sp³-hybridized carbons (Fsp3) is 0.0526. The van der Waals surface area contributed by atoms with Crippen LogP contribution in [0.25, 0.3) is 6.08 Å². The van der Waals surface area contributed by atoms with Crippen LogP contribution >= 0.6 is 11.6 Å². The lowest BCUT2D eigenvalue weighted by Gasteiger charge is -2.26. The first-order valence-electron chi connectivity index (χ1n) is 7.97. The van der Waals surface area contributed by atoms with Crippen LogP contribution in [-0.4, -0.2) is 35.5 Å². The van der Waals surface area contributed by atoms with Crippen LogP contribution in [0, 0.1) is 0 Å². The summed E-state index contributed by atoms with van der Waals surface area (Å²) in [4.78, 5) is 48.3. The fourth-order valence-corrected chi connectivity index (χ4v) is 2.58. The van der Waals surface area contributed by atoms with Gasteiger partial charge in [0.2, 0.25) is 0 Å². The van der Waals surface area contributed by atoms with Crippen molar-refractivity contribution in [1.82, 2.24) is 5.32 Å². The van der Waals surface area contributed by atoms with Gasteiger partial charge in [0.05, 0.1) is 5.69 Å². The maximum absolute atomic E-state index is 12.7. The number of halogens is 1. The Morgan fingerprint density at radius 3 is 2.32 bits per heavy atom. The molecule has 2 aromatic rings. The minimum Gasteiger partial charge on any atom is -0.482 e. The number of imide groups is 2. The van der Waals surface area contributed by atoms with Gasteiger partial charge in [-0.2, -0.15) is 0 Å². The quantitative estimate of drug-likeness (QED) is 0.588. The molecule has 0 bridgehead atoms. The van der Waals surface area contributed by atoms with E-state index in [9.17, 15) is 19.2 Å². The summed E-state index contributed by atoms with van der Waals surface area (Å²) in [5, 5.41) is 11.2. The zero-order valence-corrected chi connectivity index (χ0v) is 15.0. The highest BCUT2D eigenvalue weighted by atomic mass is 35.5. The van der Waals surface area contributed by atoms with E-state index in [2.05, 4.69) is 5.32 Å². The summed E-state index contributed by atoms with van der Waals surface area (Å²) in [5.74, 6) is -2.38. The van der Waals surface area contributed by atoms with Gasteiger partial charge in [0, 0.05) is 5.02 Å². The van der Waals surface area contributed by atoms with Crippen molar-refractivity contribution in [3.63, 3.8) is 0 Å². The number of carboxylic acid groups (broad SMARTS) is 1. The molecule has 8 nitrogen and oxygen atoms in total. The maximum atomic E-state index is 12.7. The molecule has 0 aliphatic carbocycles. The summed E-state index contributed by atoms with van der Waals surface area (Å²) in [6.07, 6.45) is 1.33. The average molecular weight is 401 g/mol. The van der Waals surface area contributed by atoms with Crippen LogP contribution in [-0.2, 0) is 14.4 Å². The highest BCUT2D eigenvalue weighted by molar-refractivity contribution is 6.39. The molecule has 4 amide bonds. The number of amides is 4. The van der Waals surface area contributed by atoms with E-state index in [-0.39, 0.29) is 11.3 Å². The predicted octanol–water partition coefficient (Wildman–Crippen LogP) is 2.47. The Balaban J connectivity index is 1.86. The number of carbonyl (C=O) groups excluding carboxylic acids is 3. The lowest BCUT2D eigenvalue weighted by molar-refractivity contribution is -0.139. The van der Waals surface area contributed by atoms with Crippen molar-refractivity contribution >= 4 is 47.2 Å². The van der Waals surface area contributed by atoms with E-state index in [4.69, 9.17) is 21.4 Å². The maximum Gasteiger partial charge on any atom is 0.341 e. The first kappa shape index (κ1) is 19.1. The third-order valence-corrected chi connectivity index (χ3v) is 3.99. The van der Waals surface area contributed by atoms with Crippen LogP contribution < -0.4 is 15.0 Å². The molecule has 1 aliphatic heterocycles. The minimum atomic E-state index is -1.11. The molecule has 2 N–H and O–H groups in total. The zero-order valence-electron chi connectivity index (χ0n) is 14.2. The minimum absolute atomic E-state index is 0.228. The smallest absolute Gasteiger partial charge is 0.341 e. The lowest BCUT2D eigenvalue weighted by atomic mass is 10.1. The van der Waals surface area contributed by atoms with Gasteiger partial charge in [0.15, 0.2) is 6.61 Å². The Bertz CT molecular complexity index is 982. The number of rotatable bonds is 5. The second-order valence-electron chi connectivity index (χ2n) is 5.69. The Labute approximate surface area is 164 Å². The van der Waals surface area contributed by atoms with Crippen molar-refractivity contribution in [2.24, 2.45) is 0 Å². The van der Waals surface area contributed by atoms with Gasteiger partial charge in [0.25, 0.3) is 11.8 Å².